The van der Waals surface area contributed by atoms with Crippen LogP contribution in [0.2, 0.25) is 0 Å². The average Bonchev–Trinajstić information content (AvgIpc) is 2.14. The summed E-state index contributed by atoms with van der Waals surface area (Å²) in [6.45, 7) is 2.53. The lowest BCUT2D eigenvalue weighted by molar-refractivity contribution is -0.218. The second-order valence-corrected chi connectivity index (χ2v) is 3.12. The van der Waals surface area contributed by atoms with Gasteiger partial charge in [-0.2, -0.15) is 35.1 Å². The van der Waals surface area contributed by atoms with Gasteiger partial charge in [-0.25, -0.2) is 0 Å². The van der Waals surface area contributed by atoms with Crippen LogP contribution in [0.4, 0.5) is 35.1 Å². The fourth-order valence-electron chi connectivity index (χ4n) is 0.774. The van der Waals surface area contributed by atoms with E-state index in [1.54, 1.807) is 0 Å². The number of hydrogen-bond acceptors (Lipinski definition) is 0. The van der Waals surface area contributed by atoms with Crippen LogP contribution in [0.15, 0.2) is 0 Å². The molecule has 0 aliphatic rings. The Labute approximate surface area is 86.6 Å². The molecule has 16 heavy (non-hydrogen) atoms. The summed E-state index contributed by atoms with van der Waals surface area (Å²) in [7, 11) is 0. The third-order valence-electron chi connectivity index (χ3n) is 1.88. The molecule has 0 aromatic rings. The van der Waals surface area contributed by atoms with Gasteiger partial charge in [-0.05, 0) is 6.92 Å². The van der Waals surface area contributed by atoms with Crippen LogP contribution < -0.4 is 0 Å². The molecule has 0 unspecified atom stereocenters. The van der Waals surface area contributed by atoms with E-state index in [1.807, 2.05) is 0 Å². The molecule has 0 saturated carbocycles. The molecule has 0 bridgehead atoms. The van der Waals surface area contributed by atoms with Crippen molar-refractivity contribution in [3.05, 3.63) is 13.3 Å². The molecule has 8 heteroatoms. The van der Waals surface area contributed by atoms with Crippen molar-refractivity contribution >= 4 is 0 Å². The Balaban J connectivity index is 4.52. The maximum absolute atomic E-state index is 12.6. The van der Waals surface area contributed by atoms with Crippen LogP contribution in [-0.2, 0) is 0 Å². The highest BCUT2D eigenvalue weighted by atomic mass is 19.3. The molecule has 2 radical (unpaired) electrons. The van der Waals surface area contributed by atoms with Gasteiger partial charge in [0.15, 0.2) is 0 Å². The fourth-order valence-corrected chi connectivity index (χ4v) is 0.774. The van der Waals surface area contributed by atoms with E-state index in [9.17, 15) is 35.1 Å². The zero-order valence-corrected chi connectivity index (χ0v) is 7.85. The predicted molar refractivity (Wildman–Crippen MR) is 39.5 cm³/mol. The standard InChI is InChI=1S/C8H8F8/c1-2-7(13,14)8(15,16)4-3-6(11,12)5(9)10/h1-4H2. The van der Waals surface area contributed by atoms with Crippen molar-refractivity contribution in [2.24, 2.45) is 0 Å². The highest BCUT2D eigenvalue weighted by Crippen LogP contribution is 2.43. The molecule has 0 aromatic carbocycles. The summed E-state index contributed by atoms with van der Waals surface area (Å²) in [4.78, 5) is 0. The third-order valence-corrected chi connectivity index (χ3v) is 1.88. The van der Waals surface area contributed by atoms with E-state index in [1.165, 1.54) is 0 Å². The fraction of sp³-hybridized carbons (Fsp3) is 0.750. The maximum Gasteiger partial charge on any atom is 0.378 e. The van der Waals surface area contributed by atoms with Crippen LogP contribution in [0, 0.1) is 13.3 Å². The monoisotopic (exact) mass is 256 g/mol. The summed E-state index contributed by atoms with van der Waals surface area (Å²) < 4.78 is 97.5. The van der Waals surface area contributed by atoms with Crippen molar-refractivity contribution in [2.45, 2.75) is 37.0 Å². The molecule has 0 fully saturated rings. The number of alkyl halides is 6. The molecule has 0 heterocycles. The van der Waals surface area contributed by atoms with Crippen molar-refractivity contribution in [2.75, 3.05) is 0 Å². The number of rotatable bonds is 6. The van der Waals surface area contributed by atoms with Crippen molar-refractivity contribution < 1.29 is 35.1 Å². The Morgan fingerprint density at radius 2 is 1.25 bits per heavy atom. The lowest BCUT2D eigenvalue weighted by atomic mass is 10.0. The molecule has 0 N–H and O–H groups in total. The molecule has 0 spiro atoms. The normalized spacial score (nSPS) is 14.6. The van der Waals surface area contributed by atoms with E-state index < -0.39 is 43.5 Å². The van der Waals surface area contributed by atoms with Crippen molar-refractivity contribution in [1.29, 1.82) is 0 Å². The summed E-state index contributed by atoms with van der Waals surface area (Å²) in [5, 5.41) is 0. The van der Waals surface area contributed by atoms with E-state index in [0.717, 1.165) is 0 Å². The van der Waals surface area contributed by atoms with Crippen molar-refractivity contribution in [1.82, 2.24) is 0 Å². The van der Waals surface area contributed by atoms with Crippen LogP contribution in [0.1, 0.15) is 19.3 Å². The average molecular weight is 256 g/mol. The van der Waals surface area contributed by atoms with E-state index >= 15 is 0 Å². The second-order valence-electron chi connectivity index (χ2n) is 3.12. The first-order valence-electron chi connectivity index (χ1n) is 4.07. The Morgan fingerprint density at radius 1 is 0.812 bits per heavy atom. The summed E-state index contributed by atoms with van der Waals surface area (Å²) in [5.41, 5.74) is 0. The Bertz CT molecular complexity index is 222. The molecular formula is C8H8F8. The van der Waals surface area contributed by atoms with Gasteiger partial charge in [0.25, 0.3) is 0 Å². The molecule has 0 nitrogen and oxygen atoms in total. The molecular weight excluding hydrogens is 248 g/mol. The molecule has 0 rings (SSSR count). The predicted octanol–water partition coefficient (Wildman–Crippen LogP) is 4.33. The summed E-state index contributed by atoms with van der Waals surface area (Å²) in [6, 6.07) is 0. The molecule has 0 saturated heterocycles. The maximum atomic E-state index is 12.6. The van der Waals surface area contributed by atoms with Gasteiger partial charge in [0.1, 0.15) is 0 Å². The zero-order valence-electron chi connectivity index (χ0n) is 7.85. The minimum atomic E-state index is -4.78. The molecule has 0 aromatic heterocycles. The van der Waals surface area contributed by atoms with Crippen LogP contribution >= 0.6 is 0 Å². The van der Waals surface area contributed by atoms with E-state index in [4.69, 9.17) is 0 Å². The SMILES string of the molecule is [CH2]CC(F)(F)C(F)(F)CCC(F)(F)[C](F)F. The number of halogens is 8. The van der Waals surface area contributed by atoms with Crippen molar-refractivity contribution in [3.8, 4) is 0 Å². The summed E-state index contributed by atoms with van der Waals surface area (Å²) >= 11 is 0. The molecule has 0 aliphatic carbocycles. The highest BCUT2D eigenvalue weighted by molar-refractivity contribution is 4.90. The van der Waals surface area contributed by atoms with Gasteiger partial charge >= 0.3 is 24.2 Å². The van der Waals surface area contributed by atoms with Crippen LogP contribution in [-0.4, -0.2) is 17.8 Å². The van der Waals surface area contributed by atoms with Crippen molar-refractivity contribution in [3.63, 3.8) is 0 Å². The van der Waals surface area contributed by atoms with Gasteiger partial charge in [-0.1, -0.05) is 0 Å². The largest absolute Gasteiger partial charge is 0.378 e. The molecule has 0 atom stereocenters. The van der Waals surface area contributed by atoms with Gasteiger partial charge in [-0.3, -0.25) is 0 Å². The van der Waals surface area contributed by atoms with Gasteiger partial charge in [0, 0.05) is 19.3 Å². The van der Waals surface area contributed by atoms with Gasteiger partial charge < -0.3 is 0 Å². The van der Waals surface area contributed by atoms with E-state index in [0.29, 0.717) is 0 Å². The Kier molecular flexibility index (Phi) is 4.58. The first kappa shape index (κ1) is 15.4. The Hall–Kier alpha value is -0.560. The van der Waals surface area contributed by atoms with Crippen LogP contribution in [0.5, 0.6) is 0 Å². The lowest BCUT2D eigenvalue weighted by Crippen LogP contribution is -2.41. The van der Waals surface area contributed by atoms with Gasteiger partial charge in [0.05, 0.1) is 0 Å². The number of hydrogen-bond donors (Lipinski definition) is 0. The van der Waals surface area contributed by atoms with Crippen LogP contribution in [0.25, 0.3) is 0 Å². The van der Waals surface area contributed by atoms with Gasteiger partial charge in [0.2, 0.25) is 0 Å². The summed E-state index contributed by atoms with van der Waals surface area (Å²) in [5.74, 6) is -14.1. The first-order valence-corrected chi connectivity index (χ1v) is 4.07. The molecule has 96 valence electrons. The van der Waals surface area contributed by atoms with Gasteiger partial charge in [-0.15, -0.1) is 0 Å². The summed E-state index contributed by atoms with van der Waals surface area (Å²) in [6.07, 6.45) is -8.97. The molecule has 0 aliphatic heterocycles. The molecule has 0 amide bonds. The first-order chi connectivity index (χ1) is 6.96. The third kappa shape index (κ3) is 3.48. The van der Waals surface area contributed by atoms with Crippen LogP contribution in [0.3, 0.4) is 0 Å². The Morgan fingerprint density at radius 3 is 1.56 bits per heavy atom. The highest BCUT2D eigenvalue weighted by Gasteiger charge is 2.56. The second kappa shape index (κ2) is 4.75. The van der Waals surface area contributed by atoms with E-state index in [-0.39, 0.29) is 0 Å². The zero-order chi connectivity index (χ0) is 13.2. The minimum absolute atomic E-state index is 1.51. The van der Waals surface area contributed by atoms with E-state index in [2.05, 4.69) is 6.92 Å². The quantitative estimate of drug-likeness (QED) is 0.620. The minimum Gasteiger partial charge on any atom is -0.200 e. The lowest BCUT2D eigenvalue weighted by Gasteiger charge is -2.26. The topological polar surface area (TPSA) is 0 Å². The smallest absolute Gasteiger partial charge is 0.200 e.